The highest BCUT2D eigenvalue weighted by atomic mass is 16.5. The van der Waals surface area contributed by atoms with Crippen LogP contribution in [0.1, 0.15) is 54.9 Å². The van der Waals surface area contributed by atoms with E-state index < -0.39 is 0 Å². The second kappa shape index (κ2) is 6.09. The van der Waals surface area contributed by atoms with Crippen molar-refractivity contribution in [2.24, 2.45) is 0 Å². The van der Waals surface area contributed by atoms with Crippen molar-refractivity contribution in [3.05, 3.63) is 29.3 Å². The van der Waals surface area contributed by atoms with Crippen molar-refractivity contribution in [2.75, 3.05) is 20.2 Å². The molecule has 1 aliphatic heterocycles. The first kappa shape index (κ1) is 13.9. The van der Waals surface area contributed by atoms with Crippen LogP contribution in [0.25, 0.3) is 0 Å². The minimum atomic E-state index is 0.157. The van der Waals surface area contributed by atoms with Crippen molar-refractivity contribution >= 4 is 5.91 Å². The molecule has 19 heavy (non-hydrogen) atoms. The Balaban J connectivity index is 2.24. The van der Waals surface area contributed by atoms with Gasteiger partial charge in [-0.1, -0.05) is 13.8 Å². The van der Waals surface area contributed by atoms with Gasteiger partial charge in [0.15, 0.2) is 0 Å². The Labute approximate surface area is 115 Å². The molecule has 0 unspecified atom stereocenters. The smallest absolute Gasteiger partial charge is 0.253 e. The summed E-state index contributed by atoms with van der Waals surface area (Å²) in [6, 6.07) is 5.77. The Kier molecular flexibility index (Phi) is 4.46. The van der Waals surface area contributed by atoms with Crippen LogP contribution in [0.3, 0.4) is 0 Å². The highest BCUT2D eigenvalue weighted by Gasteiger charge is 2.19. The number of carbonyl (C=O) groups is 1. The summed E-state index contributed by atoms with van der Waals surface area (Å²) in [7, 11) is 1.67. The summed E-state index contributed by atoms with van der Waals surface area (Å²) in [6.07, 6.45) is 3.49. The maximum atomic E-state index is 12.5. The van der Waals surface area contributed by atoms with Gasteiger partial charge < -0.3 is 9.64 Å². The number of methoxy groups -OCH3 is 1. The summed E-state index contributed by atoms with van der Waals surface area (Å²) in [5.74, 6) is 1.37. The van der Waals surface area contributed by atoms with Crippen LogP contribution >= 0.6 is 0 Å². The van der Waals surface area contributed by atoms with Crippen LogP contribution in [0.4, 0.5) is 0 Å². The third kappa shape index (κ3) is 3.09. The van der Waals surface area contributed by atoms with Gasteiger partial charge in [-0.25, -0.2) is 0 Å². The monoisotopic (exact) mass is 261 g/mol. The van der Waals surface area contributed by atoms with E-state index in [1.165, 1.54) is 6.42 Å². The quantitative estimate of drug-likeness (QED) is 0.834. The normalized spacial score (nSPS) is 15.7. The molecule has 0 N–H and O–H groups in total. The third-order valence-corrected chi connectivity index (χ3v) is 3.74. The van der Waals surface area contributed by atoms with Crippen LogP contribution < -0.4 is 4.74 Å². The molecule has 1 heterocycles. The topological polar surface area (TPSA) is 29.5 Å². The van der Waals surface area contributed by atoms with E-state index in [0.29, 0.717) is 5.92 Å². The Morgan fingerprint density at radius 1 is 1.21 bits per heavy atom. The van der Waals surface area contributed by atoms with Crippen LogP contribution in [-0.4, -0.2) is 31.0 Å². The summed E-state index contributed by atoms with van der Waals surface area (Å²) < 4.78 is 5.36. The molecule has 0 bridgehead atoms. The third-order valence-electron chi connectivity index (χ3n) is 3.74. The second-order valence-corrected chi connectivity index (χ2v) is 5.46. The Morgan fingerprint density at radius 2 is 1.89 bits per heavy atom. The first-order valence-electron chi connectivity index (χ1n) is 7.10. The summed E-state index contributed by atoms with van der Waals surface area (Å²) >= 11 is 0. The fourth-order valence-corrected chi connectivity index (χ4v) is 2.60. The van der Waals surface area contributed by atoms with Gasteiger partial charge in [0.1, 0.15) is 5.75 Å². The van der Waals surface area contributed by atoms with E-state index in [2.05, 4.69) is 13.8 Å². The molecule has 1 aliphatic rings. The Morgan fingerprint density at radius 3 is 2.47 bits per heavy atom. The lowest BCUT2D eigenvalue weighted by molar-refractivity contribution is 0.0724. The van der Waals surface area contributed by atoms with Gasteiger partial charge in [0, 0.05) is 18.7 Å². The molecule has 0 aromatic heterocycles. The highest BCUT2D eigenvalue weighted by Crippen LogP contribution is 2.28. The summed E-state index contributed by atoms with van der Waals surface area (Å²) in [4.78, 5) is 14.4. The van der Waals surface area contributed by atoms with Gasteiger partial charge >= 0.3 is 0 Å². The lowest BCUT2D eigenvalue weighted by Gasteiger charge is -2.27. The molecule has 0 spiro atoms. The number of amides is 1. The minimum absolute atomic E-state index is 0.157. The summed E-state index contributed by atoms with van der Waals surface area (Å²) in [5.41, 5.74) is 1.89. The Bertz CT molecular complexity index is 448. The average Bonchev–Trinajstić information content (AvgIpc) is 2.46. The highest BCUT2D eigenvalue weighted by molar-refractivity contribution is 5.94. The molecule has 1 aromatic rings. The molecule has 0 radical (unpaired) electrons. The van der Waals surface area contributed by atoms with E-state index in [-0.39, 0.29) is 5.91 Å². The zero-order valence-electron chi connectivity index (χ0n) is 12.1. The van der Waals surface area contributed by atoms with Crippen molar-refractivity contribution in [2.45, 2.75) is 39.0 Å². The van der Waals surface area contributed by atoms with E-state index in [9.17, 15) is 4.79 Å². The molecule has 0 aliphatic carbocycles. The fourth-order valence-electron chi connectivity index (χ4n) is 2.60. The predicted molar refractivity (Wildman–Crippen MR) is 76.8 cm³/mol. The van der Waals surface area contributed by atoms with Crippen molar-refractivity contribution in [1.29, 1.82) is 0 Å². The molecule has 1 aromatic carbocycles. The van der Waals surface area contributed by atoms with Crippen LogP contribution in [-0.2, 0) is 0 Å². The summed E-state index contributed by atoms with van der Waals surface area (Å²) in [6.45, 7) is 6.02. The average molecular weight is 261 g/mol. The predicted octanol–water partition coefficient (Wildman–Crippen LogP) is 3.44. The van der Waals surface area contributed by atoms with Gasteiger partial charge in [-0.2, -0.15) is 0 Å². The molecule has 3 heteroatoms. The number of carbonyl (C=O) groups excluding carboxylic acids is 1. The number of hydrogen-bond donors (Lipinski definition) is 0. The lowest BCUT2D eigenvalue weighted by Crippen LogP contribution is -2.35. The van der Waals surface area contributed by atoms with Gasteiger partial charge in [-0.3, -0.25) is 4.79 Å². The largest absolute Gasteiger partial charge is 0.496 e. The molecule has 104 valence electrons. The van der Waals surface area contributed by atoms with Crippen LogP contribution in [0.5, 0.6) is 5.75 Å². The van der Waals surface area contributed by atoms with Crippen LogP contribution in [0.15, 0.2) is 18.2 Å². The minimum Gasteiger partial charge on any atom is -0.496 e. The molecule has 1 saturated heterocycles. The zero-order chi connectivity index (χ0) is 13.8. The number of piperidine rings is 1. The molecular formula is C16H23NO2. The zero-order valence-corrected chi connectivity index (χ0v) is 12.1. The van der Waals surface area contributed by atoms with E-state index in [1.807, 2.05) is 23.1 Å². The van der Waals surface area contributed by atoms with Gasteiger partial charge in [0.25, 0.3) is 5.91 Å². The molecular weight excluding hydrogens is 238 g/mol. The summed E-state index contributed by atoms with van der Waals surface area (Å²) in [5, 5.41) is 0. The lowest BCUT2D eigenvalue weighted by atomic mass is 9.98. The van der Waals surface area contributed by atoms with E-state index in [1.54, 1.807) is 7.11 Å². The number of nitrogens with zero attached hydrogens (tertiary/aromatic N) is 1. The molecule has 1 amide bonds. The van der Waals surface area contributed by atoms with E-state index >= 15 is 0 Å². The van der Waals surface area contributed by atoms with E-state index in [0.717, 1.165) is 42.8 Å². The van der Waals surface area contributed by atoms with Crippen molar-refractivity contribution in [3.63, 3.8) is 0 Å². The second-order valence-electron chi connectivity index (χ2n) is 5.46. The van der Waals surface area contributed by atoms with Crippen molar-refractivity contribution in [1.82, 2.24) is 4.90 Å². The number of benzene rings is 1. The van der Waals surface area contributed by atoms with Gasteiger partial charge in [0.2, 0.25) is 0 Å². The first-order chi connectivity index (χ1) is 9.13. The number of hydrogen-bond acceptors (Lipinski definition) is 2. The Hall–Kier alpha value is -1.51. The molecule has 0 saturated carbocycles. The number of rotatable bonds is 3. The van der Waals surface area contributed by atoms with Gasteiger partial charge in [-0.05, 0) is 48.9 Å². The molecule has 1 fully saturated rings. The van der Waals surface area contributed by atoms with Crippen LogP contribution in [0, 0.1) is 0 Å². The standard InChI is InChI=1S/C16H23NO2/c1-12(2)14-11-13(7-8-15(14)19-3)16(18)17-9-5-4-6-10-17/h7-8,11-12H,4-6,9-10H2,1-3H3. The fraction of sp³-hybridized carbons (Fsp3) is 0.562. The SMILES string of the molecule is COc1ccc(C(=O)N2CCCCC2)cc1C(C)C. The maximum Gasteiger partial charge on any atom is 0.253 e. The maximum absolute atomic E-state index is 12.5. The molecule has 0 atom stereocenters. The first-order valence-corrected chi connectivity index (χ1v) is 7.10. The number of ether oxygens (including phenoxy) is 1. The van der Waals surface area contributed by atoms with Gasteiger partial charge in [-0.15, -0.1) is 0 Å². The van der Waals surface area contributed by atoms with Crippen LogP contribution in [0.2, 0.25) is 0 Å². The number of likely N-dealkylation sites (tertiary alicyclic amines) is 1. The van der Waals surface area contributed by atoms with Crippen molar-refractivity contribution < 1.29 is 9.53 Å². The molecule has 2 rings (SSSR count). The van der Waals surface area contributed by atoms with Crippen molar-refractivity contribution in [3.8, 4) is 5.75 Å². The van der Waals surface area contributed by atoms with E-state index in [4.69, 9.17) is 4.74 Å². The van der Waals surface area contributed by atoms with Gasteiger partial charge in [0.05, 0.1) is 7.11 Å². The molecule has 3 nitrogen and oxygen atoms in total.